The van der Waals surface area contributed by atoms with E-state index in [1.807, 2.05) is 0 Å². The lowest BCUT2D eigenvalue weighted by Gasteiger charge is -2.19. The van der Waals surface area contributed by atoms with Crippen LogP contribution in [0.5, 0.6) is 0 Å². The van der Waals surface area contributed by atoms with Crippen molar-refractivity contribution in [2.75, 3.05) is 13.1 Å². The first kappa shape index (κ1) is 25.1. The zero-order chi connectivity index (χ0) is 23.4. The number of hydrogen-bond donors (Lipinski definition) is 1. The Bertz CT molecular complexity index is 1110. The molecular weight excluding hydrogens is 503 g/mol. The molecule has 1 amide bonds. The van der Waals surface area contributed by atoms with E-state index in [1.165, 1.54) is 16.4 Å². The van der Waals surface area contributed by atoms with Gasteiger partial charge in [-0.2, -0.15) is 17.5 Å². The number of rotatable bonds is 8. The van der Waals surface area contributed by atoms with Gasteiger partial charge in [-0.3, -0.25) is 9.59 Å². The zero-order valence-corrected chi connectivity index (χ0v) is 19.1. The molecule has 0 bridgehead atoms. The second-order valence-electron chi connectivity index (χ2n) is 6.50. The molecule has 2 aromatic rings. The average molecular weight is 524 g/mol. The molecule has 0 saturated heterocycles. The maximum absolute atomic E-state index is 12.9. The van der Waals surface area contributed by atoms with E-state index >= 15 is 0 Å². The van der Waals surface area contributed by atoms with E-state index in [0.29, 0.717) is 4.47 Å². The lowest BCUT2D eigenvalue weighted by Crippen LogP contribution is -2.34. The largest absolute Gasteiger partial charge is 0.416 e. The Morgan fingerprint density at radius 3 is 2.39 bits per heavy atom. The van der Waals surface area contributed by atoms with E-state index in [9.17, 15) is 31.2 Å². The number of amides is 1. The number of hydrogen-bond acceptors (Lipinski definition) is 4. The lowest BCUT2D eigenvalue weighted by molar-refractivity contribution is -0.137. The van der Waals surface area contributed by atoms with Crippen molar-refractivity contribution in [2.24, 2.45) is 0 Å². The summed E-state index contributed by atoms with van der Waals surface area (Å²) in [6.45, 7) is 3.13. The van der Waals surface area contributed by atoms with Gasteiger partial charge in [0, 0.05) is 36.4 Å². The van der Waals surface area contributed by atoms with Gasteiger partial charge in [-0.05, 0) is 29.8 Å². The number of pyridine rings is 1. The zero-order valence-electron chi connectivity index (χ0n) is 16.7. The normalized spacial score (nSPS) is 12.2. The van der Waals surface area contributed by atoms with E-state index in [2.05, 4.69) is 21.2 Å². The molecule has 0 spiro atoms. The van der Waals surface area contributed by atoms with Crippen molar-refractivity contribution >= 4 is 31.9 Å². The third-order valence-electron chi connectivity index (χ3n) is 4.46. The number of nitrogens with one attached hydrogen (secondary N) is 1. The highest BCUT2D eigenvalue weighted by molar-refractivity contribution is 9.10. The molecule has 170 valence electrons. The minimum atomic E-state index is -4.52. The first-order valence-electron chi connectivity index (χ1n) is 9.23. The SMILES string of the molecule is CCN(CC)S(=O)(=O)c1ccc(=O)n(CC(=O)NCc2cc(C(F)(F)F)ccc2Br)c1. The van der Waals surface area contributed by atoms with Crippen LogP contribution in [-0.2, 0) is 34.1 Å². The number of carbonyl (C=O) groups is 1. The van der Waals surface area contributed by atoms with Crippen LogP contribution < -0.4 is 10.9 Å². The van der Waals surface area contributed by atoms with Crippen molar-refractivity contribution in [3.05, 3.63) is 62.5 Å². The van der Waals surface area contributed by atoms with Crippen LogP contribution in [0.3, 0.4) is 0 Å². The molecule has 1 aromatic heterocycles. The predicted octanol–water partition coefficient (Wildman–Crippen LogP) is 2.98. The van der Waals surface area contributed by atoms with Crippen molar-refractivity contribution in [2.45, 2.75) is 38.0 Å². The molecule has 2 rings (SSSR count). The Morgan fingerprint density at radius 1 is 1.16 bits per heavy atom. The van der Waals surface area contributed by atoms with Crippen molar-refractivity contribution in [1.82, 2.24) is 14.2 Å². The van der Waals surface area contributed by atoms with Gasteiger partial charge in [0.05, 0.1) is 10.5 Å². The highest BCUT2D eigenvalue weighted by Gasteiger charge is 2.30. The van der Waals surface area contributed by atoms with Gasteiger partial charge in [-0.15, -0.1) is 0 Å². The second-order valence-corrected chi connectivity index (χ2v) is 9.29. The van der Waals surface area contributed by atoms with Crippen LogP contribution >= 0.6 is 15.9 Å². The standard InChI is InChI=1S/C19H21BrF3N3O4S/c1-3-26(4-2)31(29,30)15-6-8-18(28)25(11-15)12-17(27)24-10-13-9-14(19(21,22)23)5-7-16(13)20/h5-9,11H,3-4,10,12H2,1-2H3,(H,24,27). The van der Waals surface area contributed by atoms with Crippen LogP contribution in [0.25, 0.3) is 0 Å². The van der Waals surface area contributed by atoms with Crippen LogP contribution in [-0.4, -0.2) is 36.3 Å². The molecule has 31 heavy (non-hydrogen) atoms. The maximum atomic E-state index is 12.9. The van der Waals surface area contributed by atoms with Gasteiger partial charge in [-0.25, -0.2) is 8.42 Å². The van der Waals surface area contributed by atoms with Gasteiger partial charge >= 0.3 is 6.18 Å². The molecule has 1 aromatic carbocycles. The summed E-state index contributed by atoms with van der Waals surface area (Å²) in [6.07, 6.45) is -3.45. The summed E-state index contributed by atoms with van der Waals surface area (Å²) < 4.78 is 66.4. The predicted molar refractivity (Wildman–Crippen MR) is 112 cm³/mol. The highest BCUT2D eigenvalue weighted by Crippen LogP contribution is 2.31. The van der Waals surface area contributed by atoms with Crippen LogP contribution in [0, 0.1) is 0 Å². The van der Waals surface area contributed by atoms with Crippen LogP contribution in [0.4, 0.5) is 13.2 Å². The van der Waals surface area contributed by atoms with Gasteiger partial charge < -0.3 is 9.88 Å². The second kappa shape index (κ2) is 9.96. The fraction of sp³-hybridized carbons (Fsp3) is 0.368. The molecule has 0 unspecified atom stereocenters. The molecule has 1 heterocycles. The Hall–Kier alpha value is -2.18. The van der Waals surface area contributed by atoms with Crippen molar-refractivity contribution in [1.29, 1.82) is 0 Å². The van der Waals surface area contributed by atoms with Crippen molar-refractivity contribution in [3.8, 4) is 0 Å². The quantitative estimate of drug-likeness (QED) is 0.576. The molecule has 0 atom stereocenters. The number of aromatic nitrogens is 1. The van der Waals surface area contributed by atoms with Gasteiger partial charge in [0.2, 0.25) is 15.9 Å². The van der Waals surface area contributed by atoms with E-state index in [-0.39, 0.29) is 30.1 Å². The Balaban J connectivity index is 2.18. The summed E-state index contributed by atoms with van der Waals surface area (Å²) in [4.78, 5) is 24.2. The van der Waals surface area contributed by atoms with Crippen molar-refractivity contribution < 1.29 is 26.4 Å². The topological polar surface area (TPSA) is 88.5 Å². The number of benzene rings is 1. The molecule has 7 nitrogen and oxygen atoms in total. The number of nitrogens with zero attached hydrogens (tertiary/aromatic N) is 2. The van der Waals surface area contributed by atoms with E-state index in [4.69, 9.17) is 0 Å². The number of carbonyl (C=O) groups excluding carboxylic acids is 1. The van der Waals surface area contributed by atoms with E-state index in [0.717, 1.165) is 29.0 Å². The van der Waals surface area contributed by atoms with E-state index in [1.54, 1.807) is 13.8 Å². The monoisotopic (exact) mass is 523 g/mol. The van der Waals surface area contributed by atoms with Gasteiger partial charge in [0.1, 0.15) is 6.54 Å². The molecule has 0 saturated carbocycles. The number of sulfonamides is 1. The third-order valence-corrected chi connectivity index (χ3v) is 7.27. The van der Waals surface area contributed by atoms with Gasteiger partial charge in [0.25, 0.3) is 5.56 Å². The van der Waals surface area contributed by atoms with Gasteiger partial charge in [0.15, 0.2) is 0 Å². The fourth-order valence-corrected chi connectivity index (χ4v) is 4.65. The summed E-state index contributed by atoms with van der Waals surface area (Å²) in [7, 11) is -3.83. The summed E-state index contributed by atoms with van der Waals surface area (Å²) in [5, 5.41) is 2.44. The molecule has 0 aliphatic rings. The summed E-state index contributed by atoms with van der Waals surface area (Å²) in [5.74, 6) is -0.663. The van der Waals surface area contributed by atoms with Gasteiger partial charge in [-0.1, -0.05) is 29.8 Å². The Labute approximate surface area is 186 Å². The highest BCUT2D eigenvalue weighted by atomic mass is 79.9. The fourth-order valence-electron chi connectivity index (χ4n) is 2.79. The third kappa shape index (κ3) is 6.17. The lowest BCUT2D eigenvalue weighted by atomic mass is 10.1. The first-order valence-corrected chi connectivity index (χ1v) is 11.5. The maximum Gasteiger partial charge on any atom is 0.416 e. The molecule has 0 aliphatic carbocycles. The minimum Gasteiger partial charge on any atom is -0.350 e. The summed E-state index contributed by atoms with van der Waals surface area (Å²) in [5.41, 5.74) is -1.24. The molecular formula is C19H21BrF3N3O4S. The Morgan fingerprint density at radius 2 is 1.81 bits per heavy atom. The summed E-state index contributed by atoms with van der Waals surface area (Å²) >= 11 is 3.14. The average Bonchev–Trinajstić information content (AvgIpc) is 2.68. The minimum absolute atomic E-state index is 0.135. The molecule has 0 fully saturated rings. The van der Waals surface area contributed by atoms with Crippen LogP contribution in [0.1, 0.15) is 25.0 Å². The number of alkyl halides is 3. The number of halogens is 4. The molecule has 1 N–H and O–H groups in total. The Kier molecular flexibility index (Phi) is 8.06. The molecule has 12 heteroatoms. The molecule has 0 aliphatic heterocycles. The van der Waals surface area contributed by atoms with Crippen LogP contribution in [0.2, 0.25) is 0 Å². The van der Waals surface area contributed by atoms with Crippen LogP contribution in [0.15, 0.2) is 50.7 Å². The van der Waals surface area contributed by atoms with E-state index < -0.39 is 39.8 Å². The summed E-state index contributed by atoms with van der Waals surface area (Å²) in [6, 6.07) is 5.28. The van der Waals surface area contributed by atoms with Crippen molar-refractivity contribution in [3.63, 3.8) is 0 Å². The first-order chi connectivity index (χ1) is 14.4. The molecule has 0 radical (unpaired) electrons. The smallest absolute Gasteiger partial charge is 0.350 e.